The fraction of sp³-hybridized carbons (Fsp3) is 0.208. The molecule has 1 fully saturated rings. The number of amides is 3. The van der Waals surface area contributed by atoms with Gasteiger partial charge in [-0.3, -0.25) is 9.69 Å². The number of aryl methyl sites for hydroxylation is 3. The molecule has 0 unspecified atom stereocenters. The number of nitrogens with zero attached hydrogens (tertiary/aromatic N) is 2. The van der Waals surface area contributed by atoms with Crippen LogP contribution in [0.3, 0.4) is 0 Å². The fourth-order valence-electron chi connectivity index (χ4n) is 3.42. The molecular formula is C24H24N4O3. The van der Waals surface area contributed by atoms with Crippen molar-refractivity contribution in [2.24, 2.45) is 0 Å². The zero-order valence-corrected chi connectivity index (χ0v) is 17.7. The molecule has 4 rings (SSSR count). The van der Waals surface area contributed by atoms with Gasteiger partial charge in [-0.2, -0.15) is 0 Å². The molecule has 2 heterocycles. The number of ether oxygens (including phenoxy) is 1. The molecule has 2 aromatic carbocycles. The molecule has 0 radical (unpaired) electrons. The summed E-state index contributed by atoms with van der Waals surface area (Å²) in [4.78, 5) is 30.5. The van der Waals surface area contributed by atoms with Crippen LogP contribution in [0.15, 0.2) is 54.7 Å². The number of hydrogen-bond donors (Lipinski definition) is 2. The first-order valence-electron chi connectivity index (χ1n) is 10.1. The molecule has 1 aliphatic rings. The lowest BCUT2D eigenvalue weighted by atomic mass is 10.1. The number of carbonyl (C=O) groups excluding carboxylic acids is 2. The van der Waals surface area contributed by atoms with E-state index in [9.17, 15) is 9.59 Å². The first-order valence-corrected chi connectivity index (χ1v) is 10.1. The van der Waals surface area contributed by atoms with E-state index in [1.165, 1.54) is 5.56 Å². The van der Waals surface area contributed by atoms with Crippen LogP contribution in [-0.2, 0) is 0 Å². The lowest BCUT2D eigenvalue weighted by Gasteiger charge is -2.17. The Kier molecular flexibility index (Phi) is 5.58. The molecule has 3 aromatic rings. The van der Waals surface area contributed by atoms with Gasteiger partial charge in [0.15, 0.2) is 0 Å². The quantitative estimate of drug-likeness (QED) is 0.638. The van der Waals surface area contributed by atoms with Crippen molar-refractivity contribution in [3.8, 4) is 11.6 Å². The third kappa shape index (κ3) is 4.50. The van der Waals surface area contributed by atoms with Crippen LogP contribution in [0.1, 0.15) is 27.0 Å². The molecule has 7 nitrogen and oxygen atoms in total. The summed E-state index contributed by atoms with van der Waals surface area (Å²) in [6, 6.07) is 14.5. The van der Waals surface area contributed by atoms with Gasteiger partial charge in [0.25, 0.3) is 5.91 Å². The maximum Gasteiger partial charge on any atom is 0.322 e. The predicted octanol–water partition coefficient (Wildman–Crippen LogP) is 4.58. The van der Waals surface area contributed by atoms with Crippen molar-refractivity contribution in [1.82, 2.24) is 10.3 Å². The Morgan fingerprint density at radius 2 is 1.87 bits per heavy atom. The highest BCUT2D eigenvalue weighted by molar-refractivity contribution is 6.05. The van der Waals surface area contributed by atoms with Crippen molar-refractivity contribution in [3.63, 3.8) is 0 Å². The second kappa shape index (κ2) is 8.47. The minimum atomic E-state index is -0.245. The molecule has 0 spiro atoms. The van der Waals surface area contributed by atoms with Crippen molar-refractivity contribution < 1.29 is 14.3 Å². The second-order valence-corrected chi connectivity index (χ2v) is 7.57. The van der Waals surface area contributed by atoms with Crippen molar-refractivity contribution in [3.05, 3.63) is 77.0 Å². The van der Waals surface area contributed by atoms with Crippen molar-refractivity contribution in [2.45, 2.75) is 20.8 Å². The zero-order valence-electron chi connectivity index (χ0n) is 17.7. The number of carbonyl (C=O) groups is 2. The van der Waals surface area contributed by atoms with Crippen LogP contribution in [0.25, 0.3) is 0 Å². The zero-order chi connectivity index (χ0) is 22.0. The first-order chi connectivity index (χ1) is 14.9. The third-order valence-corrected chi connectivity index (χ3v) is 5.30. The van der Waals surface area contributed by atoms with Crippen LogP contribution in [-0.4, -0.2) is 30.0 Å². The summed E-state index contributed by atoms with van der Waals surface area (Å²) in [6.07, 6.45) is 1.56. The Labute approximate surface area is 181 Å². The summed E-state index contributed by atoms with van der Waals surface area (Å²) in [5.41, 5.74) is 5.09. The van der Waals surface area contributed by atoms with Crippen LogP contribution in [0.2, 0.25) is 0 Å². The summed E-state index contributed by atoms with van der Waals surface area (Å²) in [6.45, 7) is 7.21. The van der Waals surface area contributed by atoms with Gasteiger partial charge < -0.3 is 15.4 Å². The molecular weight excluding hydrogens is 392 g/mol. The SMILES string of the molecule is Cc1ccc(Oc2ccc(NC(=O)c3ccc(N4CCNC4=O)c(C)c3)cn2)cc1C. The van der Waals surface area contributed by atoms with E-state index in [2.05, 4.69) is 15.6 Å². The predicted molar refractivity (Wildman–Crippen MR) is 120 cm³/mol. The molecule has 158 valence electrons. The van der Waals surface area contributed by atoms with Gasteiger partial charge in [-0.25, -0.2) is 9.78 Å². The van der Waals surface area contributed by atoms with Gasteiger partial charge in [-0.15, -0.1) is 0 Å². The van der Waals surface area contributed by atoms with Gasteiger partial charge >= 0.3 is 6.03 Å². The molecule has 0 bridgehead atoms. The molecule has 0 atom stereocenters. The molecule has 1 saturated heterocycles. The average molecular weight is 416 g/mol. The number of benzene rings is 2. The Balaban J connectivity index is 1.42. The van der Waals surface area contributed by atoms with E-state index in [1.54, 1.807) is 41.4 Å². The summed E-state index contributed by atoms with van der Waals surface area (Å²) in [5.74, 6) is 0.921. The molecule has 7 heteroatoms. The Morgan fingerprint density at radius 3 is 2.52 bits per heavy atom. The van der Waals surface area contributed by atoms with Gasteiger partial charge in [-0.05, 0) is 73.9 Å². The van der Waals surface area contributed by atoms with Crippen molar-refractivity contribution >= 4 is 23.3 Å². The number of anilines is 2. The van der Waals surface area contributed by atoms with Gasteiger partial charge in [0.2, 0.25) is 5.88 Å². The van der Waals surface area contributed by atoms with Crippen molar-refractivity contribution in [1.29, 1.82) is 0 Å². The van der Waals surface area contributed by atoms with E-state index >= 15 is 0 Å². The molecule has 3 amide bonds. The van der Waals surface area contributed by atoms with E-state index < -0.39 is 0 Å². The molecule has 1 aromatic heterocycles. The van der Waals surface area contributed by atoms with Crippen LogP contribution in [0.5, 0.6) is 11.6 Å². The number of pyridine rings is 1. The summed E-state index contributed by atoms with van der Waals surface area (Å²) in [5, 5.41) is 5.62. The minimum Gasteiger partial charge on any atom is -0.439 e. The monoisotopic (exact) mass is 416 g/mol. The summed E-state index contributed by atoms with van der Waals surface area (Å²) < 4.78 is 5.78. The Bertz CT molecular complexity index is 1140. The summed E-state index contributed by atoms with van der Waals surface area (Å²) in [7, 11) is 0. The van der Waals surface area contributed by atoms with E-state index in [1.807, 2.05) is 39.0 Å². The number of rotatable bonds is 5. The smallest absolute Gasteiger partial charge is 0.322 e. The first kappa shape index (κ1) is 20.4. The van der Waals surface area contributed by atoms with Crippen LogP contribution >= 0.6 is 0 Å². The van der Waals surface area contributed by atoms with Gasteiger partial charge in [0, 0.05) is 30.4 Å². The molecule has 31 heavy (non-hydrogen) atoms. The number of aromatic nitrogens is 1. The fourth-order valence-corrected chi connectivity index (χ4v) is 3.42. The highest BCUT2D eigenvalue weighted by atomic mass is 16.5. The number of hydrogen-bond acceptors (Lipinski definition) is 4. The number of nitrogens with one attached hydrogen (secondary N) is 2. The van der Waals surface area contributed by atoms with E-state index in [4.69, 9.17) is 4.74 Å². The molecule has 2 N–H and O–H groups in total. The van der Waals surface area contributed by atoms with Crippen LogP contribution in [0, 0.1) is 20.8 Å². The highest BCUT2D eigenvalue weighted by Gasteiger charge is 2.23. The summed E-state index contributed by atoms with van der Waals surface area (Å²) >= 11 is 0. The van der Waals surface area contributed by atoms with E-state index in [0.717, 1.165) is 22.6 Å². The molecule has 0 saturated carbocycles. The van der Waals surface area contributed by atoms with Gasteiger partial charge in [0.05, 0.1) is 11.9 Å². The topological polar surface area (TPSA) is 83.6 Å². The lowest BCUT2D eigenvalue weighted by Crippen LogP contribution is -2.28. The third-order valence-electron chi connectivity index (χ3n) is 5.30. The Hall–Kier alpha value is -3.87. The lowest BCUT2D eigenvalue weighted by molar-refractivity contribution is 0.102. The standard InChI is InChI=1S/C24H24N4O3/c1-15-4-7-20(13-16(15)2)31-22-9-6-19(14-26-22)27-23(29)18-5-8-21(17(3)12-18)28-11-10-25-24(28)30/h4-9,12-14H,10-11H2,1-3H3,(H,25,30)(H,27,29). The minimum absolute atomic E-state index is 0.116. The van der Waals surface area contributed by atoms with E-state index in [0.29, 0.717) is 30.2 Å². The normalized spacial score (nSPS) is 13.1. The van der Waals surface area contributed by atoms with Crippen LogP contribution < -0.4 is 20.3 Å². The molecule has 0 aliphatic carbocycles. The van der Waals surface area contributed by atoms with Gasteiger partial charge in [0.1, 0.15) is 5.75 Å². The van der Waals surface area contributed by atoms with Crippen molar-refractivity contribution in [2.75, 3.05) is 23.3 Å². The maximum absolute atomic E-state index is 12.6. The maximum atomic E-state index is 12.6. The van der Waals surface area contributed by atoms with Crippen LogP contribution in [0.4, 0.5) is 16.2 Å². The second-order valence-electron chi connectivity index (χ2n) is 7.57. The largest absolute Gasteiger partial charge is 0.439 e. The Morgan fingerprint density at radius 1 is 1.03 bits per heavy atom. The number of urea groups is 1. The van der Waals surface area contributed by atoms with E-state index in [-0.39, 0.29) is 11.9 Å². The molecule has 1 aliphatic heterocycles. The van der Waals surface area contributed by atoms with Gasteiger partial charge in [-0.1, -0.05) is 6.07 Å². The highest BCUT2D eigenvalue weighted by Crippen LogP contribution is 2.25. The average Bonchev–Trinajstić information content (AvgIpc) is 3.17.